The highest BCUT2D eigenvalue weighted by molar-refractivity contribution is 9.10. The van der Waals surface area contributed by atoms with Gasteiger partial charge < -0.3 is 9.32 Å². The molecule has 1 saturated heterocycles. The quantitative estimate of drug-likeness (QED) is 0.767. The molecule has 3 nitrogen and oxygen atoms in total. The van der Waals surface area contributed by atoms with E-state index in [9.17, 15) is 4.79 Å². The summed E-state index contributed by atoms with van der Waals surface area (Å²) in [5.41, 5.74) is 0. The Morgan fingerprint density at radius 1 is 1.56 bits per heavy atom. The number of carbonyl (C=O) groups excluding carboxylic acids is 1. The first-order valence-electron chi connectivity index (χ1n) is 5.31. The molecule has 1 fully saturated rings. The van der Waals surface area contributed by atoms with Crippen LogP contribution in [0.4, 0.5) is 0 Å². The van der Waals surface area contributed by atoms with Crippen LogP contribution in [0.2, 0.25) is 0 Å². The van der Waals surface area contributed by atoms with Crippen LogP contribution in [0.1, 0.15) is 23.4 Å². The highest BCUT2D eigenvalue weighted by Crippen LogP contribution is 2.22. The lowest BCUT2D eigenvalue weighted by Gasteiger charge is -2.31. The fourth-order valence-corrected chi connectivity index (χ4v) is 2.80. The van der Waals surface area contributed by atoms with Gasteiger partial charge in [0.05, 0.1) is 0 Å². The molecule has 16 heavy (non-hydrogen) atoms. The molecule has 0 saturated carbocycles. The van der Waals surface area contributed by atoms with E-state index in [2.05, 4.69) is 31.9 Å². The summed E-state index contributed by atoms with van der Waals surface area (Å²) in [5.74, 6) is 0.981. The molecule has 0 aromatic carbocycles. The zero-order chi connectivity index (χ0) is 11.5. The van der Waals surface area contributed by atoms with E-state index in [-0.39, 0.29) is 5.91 Å². The zero-order valence-electron chi connectivity index (χ0n) is 8.79. The molecule has 0 spiro atoms. The summed E-state index contributed by atoms with van der Waals surface area (Å²) in [4.78, 5) is 13.9. The molecule has 0 radical (unpaired) electrons. The van der Waals surface area contributed by atoms with Gasteiger partial charge >= 0.3 is 0 Å². The van der Waals surface area contributed by atoms with Gasteiger partial charge in [0.25, 0.3) is 5.91 Å². The minimum absolute atomic E-state index is 0.00338. The maximum Gasteiger partial charge on any atom is 0.289 e. The van der Waals surface area contributed by atoms with Crippen molar-refractivity contribution in [1.29, 1.82) is 0 Å². The number of halogens is 2. The van der Waals surface area contributed by atoms with E-state index in [1.165, 1.54) is 6.42 Å². The minimum Gasteiger partial charge on any atom is -0.444 e. The van der Waals surface area contributed by atoms with Gasteiger partial charge in [0.2, 0.25) is 0 Å². The van der Waals surface area contributed by atoms with E-state index < -0.39 is 0 Å². The van der Waals surface area contributed by atoms with Gasteiger partial charge in [-0.2, -0.15) is 0 Å². The molecule has 1 unspecified atom stereocenters. The fraction of sp³-hybridized carbons (Fsp3) is 0.545. The van der Waals surface area contributed by atoms with Crippen LogP contribution in [0.15, 0.2) is 21.2 Å². The van der Waals surface area contributed by atoms with Gasteiger partial charge in [-0.3, -0.25) is 4.79 Å². The third-order valence-corrected chi connectivity index (χ3v) is 4.15. The zero-order valence-corrected chi connectivity index (χ0v) is 12.0. The number of carbonyl (C=O) groups is 1. The number of hydrogen-bond acceptors (Lipinski definition) is 2. The van der Waals surface area contributed by atoms with Crippen LogP contribution in [0, 0.1) is 5.92 Å². The van der Waals surface area contributed by atoms with E-state index in [4.69, 9.17) is 4.42 Å². The SMILES string of the molecule is O=C(c1ccc(Br)o1)N1CCCC(CBr)C1. The smallest absolute Gasteiger partial charge is 0.289 e. The molecule has 1 aliphatic heterocycles. The molecule has 1 amide bonds. The second kappa shape index (κ2) is 5.36. The molecule has 1 aromatic heterocycles. The van der Waals surface area contributed by atoms with Gasteiger partial charge in [-0.05, 0) is 46.8 Å². The fourth-order valence-electron chi connectivity index (χ4n) is 1.96. The van der Waals surface area contributed by atoms with Crippen molar-refractivity contribution < 1.29 is 9.21 Å². The maximum atomic E-state index is 12.1. The number of likely N-dealkylation sites (tertiary alicyclic amines) is 1. The Labute approximate surface area is 111 Å². The predicted molar refractivity (Wildman–Crippen MR) is 68.8 cm³/mol. The Bertz CT molecular complexity index is 378. The third-order valence-electron chi connectivity index (χ3n) is 2.81. The lowest BCUT2D eigenvalue weighted by molar-refractivity contribution is 0.0652. The monoisotopic (exact) mass is 349 g/mol. The van der Waals surface area contributed by atoms with Crippen LogP contribution in [-0.4, -0.2) is 29.2 Å². The Hall–Kier alpha value is -0.290. The summed E-state index contributed by atoms with van der Waals surface area (Å²) in [5, 5.41) is 0.957. The first-order chi connectivity index (χ1) is 7.70. The van der Waals surface area contributed by atoms with Gasteiger partial charge in [0.1, 0.15) is 0 Å². The first kappa shape index (κ1) is 12.2. The minimum atomic E-state index is -0.00338. The van der Waals surface area contributed by atoms with Gasteiger partial charge in [0.15, 0.2) is 10.4 Å². The lowest BCUT2D eigenvalue weighted by Crippen LogP contribution is -2.40. The maximum absolute atomic E-state index is 12.1. The molecular formula is C11H13Br2NO2. The predicted octanol–water partition coefficient (Wildman–Crippen LogP) is 3.29. The molecule has 5 heteroatoms. The molecule has 0 aliphatic carbocycles. The number of nitrogens with zero attached hydrogens (tertiary/aromatic N) is 1. The number of hydrogen-bond donors (Lipinski definition) is 0. The summed E-state index contributed by atoms with van der Waals surface area (Å²) in [6, 6.07) is 3.46. The number of rotatable bonds is 2. The number of furan rings is 1. The van der Waals surface area contributed by atoms with E-state index in [1.54, 1.807) is 12.1 Å². The number of alkyl halides is 1. The molecule has 1 aromatic rings. The molecule has 1 aliphatic rings. The lowest BCUT2D eigenvalue weighted by atomic mass is 10.00. The van der Waals surface area contributed by atoms with Crippen molar-refractivity contribution in [3.05, 3.63) is 22.6 Å². The van der Waals surface area contributed by atoms with Crippen LogP contribution < -0.4 is 0 Å². The van der Waals surface area contributed by atoms with Crippen LogP contribution in [-0.2, 0) is 0 Å². The second-order valence-corrected chi connectivity index (χ2v) is 5.45. The van der Waals surface area contributed by atoms with Crippen molar-refractivity contribution >= 4 is 37.8 Å². The average Bonchev–Trinajstić information content (AvgIpc) is 2.75. The summed E-state index contributed by atoms with van der Waals surface area (Å²) in [6.07, 6.45) is 2.26. The molecule has 0 bridgehead atoms. The standard InChI is InChI=1S/C11H13Br2NO2/c12-6-8-2-1-5-14(7-8)11(15)9-3-4-10(13)16-9/h3-4,8H,1-2,5-7H2. The highest BCUT2D eigenvalue weighted by atomic mass is 79.9. The number of piperidine rings is 1. The van der Waals surface area contributed by atoms with Crippen LogP contribution in [0.5, 0.6) is 0 Å². The van der Waals surface area contributed by atoms with Crippen molar-refractivity contribution in [3.8, 4) is 0 Å². The summed E-state index contributed by atoms with van der Waals surface area (Å²) < 4.78 is 5.88. The number of amides is 1. The van der Waals surface area contributed by atoms with E-state index in [0.29, 0.717) is 16.3 Å². The second-order valence-electron chi connectivity index (χ2n) is 4.02. The summed E-state index contributed by atoms with van der Waals surface area (Å²) in [7, 11) is 0. The normalized spacial score (nSPS) is 21.1. The highest BCUT2D eigenvalue weighted by Gasteiger charge is 2.25. The van der Waals surface area contributed by atoms with E-state index >= 15 is 0 Å². The molecule has 88 valence electrons. The van der Waals surface area contributed by atoms with Crippen LogP contribution >= 0.6 is 31.9 Å². The van der Waals surface area contributed by atoms with Gasteiger partial charge in [-0.15, -0.1) is 0 Å². The Morgan fingerprint density at radius 3 is 3.00 bits per heavy atom. The van der Waals surface area contributed by atoms with E-state index in [0.717, 1.165) is 24.8 Å². The topological polar surface area (TPSA) is 33.5 Å². The van der Waals surface area contributed by atoms with Crippen molar-refractivity contribution in [3.63, 3.8) is 0 Å². The van der Waals surface area contributed by atoms with Crippen molar-refractivity contribution in [2.75, 3.05) is 18.4 Å². The van der Waals surface area contributed by atoms with E-state index in [1.807, 2.05) is 4.90 Å². The third kappa shape index (κ3) is 2.69. The van der Waals surface area contributed by atoms with Gasteiger partial charge in [0, 0.05) is 18.4 Å². The molecule has 0 N–H and O–H groups in total. The van der Waals surface area contributed by atoms with Gasteiger partial charge in [-0.1, -0.05) is 15.9 Å². The Kier molecular flexibility index (Phi) is 4.08. The summed E-state index contributed by atoms with van der Waals surface area (Å²) in [6.45, 7) is 1.66. The van der Waals surface area contributed by atoms with Gasteiger partial charge in [-0.25, -0.2) is 0 Å². The van der Waals surface area contributed by atoms with Crippen molar-refractivity contribution in [1.82, 2.24) is 4.90 Å². The molecular weight excluding hydrogens is 338 g/mol. The summed E-state index contributed by atoms with van der Waals surface area (Å²) >= 11 is 6.68. The first-order valence-corrected chi connectivity index (χ1v) is 7.22. The molecule has 2 rings (SSSR count). The molecule has 1 atom stereocenters. The Balaban J connectivity index is 2.04. The Morgan fingerprint density at radius 2 is 2.38 bits per heavy atom. The van der Waals surface area contributed by atoms with Crippen molar-refractivity contribution in [2.24, 2.45) is 5.92 Å². The largest absolute Gasteiger partial charge is 0.444 e. The van der Waals surface area contributed by atoms with Crippen LogP contribution in [0.3, 0.4) is 0 Å². The van der Waals surface area contributed by atoms with Crippen molar-refractivity contribution in [2.45, 2.75) is 12.8 Å². The van der Waals surface area contributed by atoms with Crippen LogP contribution in [0.25, 0.3) is 0 Å². The average molecular weight is 351 g/mol. The molecule has 2 heterocycles.